The van der Waals surface area contributed by atoms with E-state index >= 15 is 0 Å². The first-order valence-corrected chi connectivity index (χ1v) is 5.44. The Labute approximate surface area is 87.1 Å². The fourth-order valence-electron chi connectivity index (χ4n) is 0.910. The van der Waals surface area contributed by atoms with Crippen LogP contribution in [0.1, 0.15) is 13.8 Å². The summed E-state index contributed by atoms with van der Waals surface area (Å²) in [6, 6.07) is 0. The lowest BCUT2D eigenvalue weighted by atomic mass is 10.4. The zero-order valence-corrected chi connectivity index (χ0v) is 9.28. The summed E-state index contributed by atoms with van der Waals surface area (Å²) in [5.41, 5.74) is 0. The van der Waals surface area contributed by atoms with Gasteiger partial charge in [-0.25, -0.2) is 4.98 Å². The Kier molecular flexibility index (Phi) is 4.48. The third-order valence-corrected chi connectivity index (χ3v) is 2.59. The molecular formula is C8H13ClN2OS. The van der Waals surface area contributed by atoms with E-state index in [0.29, 0.717) is 5.15 Å². The maximum absolute atomic E-state index is 5.66. The van der Waals surface area contributed by atoms with Gasteiger partial charge in [0.05, 0.1) is 6.10 Å². The highest BCUT2D eigenvalue weighted by molar-refractivity contribution is 7.14. The van der Waals surface area contributed by atoms with Crippen LogP contribution in [0.25, 0.3) is 0 Å². The Balaban J connectivity index is 2.26. The molecule has 3 nitrogen and oxygen atoms in total. The van der Waals surface area contributed by atoms with Crippen molar-refractivity contribution in [1.29, 1.82) is 0 Å². The van der Waals surface area contributed by atoms with Crippen LogP contribution in [0.3, 0.4) is 0 Å². The highest BCUT2D eigenvalue weighted by Crippen LogP contribution is 2.18. The van der Waals surface area contributed by atoms with Gasteiger partial charge >= 0.3 is 0 Å². The van der Waals surface area contributed by atoms with E-state index in [2.05, 4.69) is 10.3 Å². The van der Waals surface area contributed by atoms with Gasteiger partial charge in [0.2, 0.25) is 0 Å². The normalized spacial score (nSPS) is 12.8. The molecule has 0 fully saturated rings. The van der Waals surface area contributed by atoms with E-state index < -0.39 is 0 Å². The maximum atomic E-state index is 5.66. The highest BCUT2D eigenvalue weighted by Gasteiger charge is 2.02. The van der Waals surface area contributed by atoms with Gasteiger partial charge in [-0.3, -0.25) is 0 Å². The first kappa shape index (κ1) is 10.8. The van der Waals surface area contributed by atoms with Gasteiger partial charge in [0.25, 0.3) is 0 Å². The van der Waals surface area contributed by atoms with Crippen LogP contribution in [0.5, 0.6) is 0 Å². The lowest BCUT2D eigenvalue weighted by Crippen LogP contribution is -2.19. The van der Waals surface area contributed by atoms with Crippen LogP contribution < -0.4 is 5.32 Å². The number of nitrogens with zero attached hydrogens (tertiary/aromatic N) is 1. The summed E-state index contributed by atoms with van der Waals surface area (Å²) in [6.07, 6.45) is 0.202. The molecule has 0 aliphatic carbocycles. The first-order chi connectivity index (χ1) is 6.22. The fourth-order valence-corrected chi connectivity index (χ4v) is 1.76. The van der Waals surface area contributed by atoms with Crippen LogP contribution in [0.4, 0.5) is 5.13 Å². The number of anilines is 1. The van der Waals surface area contributed by atoms with E-state index in [1.165, 1.54) is 11.3 Å². The number of halogens is 1. The molecule has 1 N–H and O–H groups in total. The van der Waals surface area contributed by atoms with E-state index in [4.69, 9.17) is 16.3 Å². The summed E-state index contributed by atoms with van der Waals surface area (Å²) in [4.78, 5) is 4.06. The van der Waals surface area contributed by atoms with Gasteiger partial charge in [-0.15, -0.1) is 11.3 Å². The summed E-state index contributed by atoms with van der Waals surface area (Å²) in [5.74, 6) is 0. The molecule has 0 saturated carbocycles. The molecule has 0 aromatic carbocycles. The Morgan fingerprint density at radius 3 is 3.08 bits per heavy atom. The van der Waals surface area contributed by atoms with E-state index in [9.17, 15) is 0 Å². The quantitative estimate of drug-likeness (QED) is 0.829. The summed E-state index contributed by atoms with van der Waals surface area (Å²) in [5, 5.41) is 6.33. The van der Waals surface area contributed by atoms with Gasteiger partial charge in [0.1, 0.15) is 5.15 Å². The number of hydrogen-bond donors (Lipinski definition) is 1. The third-order valence-electron chi connectivity index (χ3n) is 1.47. The van der Waals surface area contributed by atoms with Crippen molar-refractivity contribution in [3.05, 3.63) is 10.5 Å². The van der Waals surface area contributed by atoms with Gasteiger partial charge < -0.3 is 10.1 Å². The van der Waals surface area contributed by atoms with Crippen LogP contribution in [0.15, 0.2) is 5.38 Å². The minimum Gasteiger partial charge on any atom is -0.377 e. The standard InChI is InChI=1S/C8H13ClN2OS/c1-3-12-6(2)4-10-8-11-7(9)5-13-8/h5-6H,3-4H2,1-2H3,(H,10,11). The Hall–Kier alpha value is -0.320. The molecule has 0 spiro atoms. The zero-order chi connectivity index (χ0) is 9.68. The van der Waals surface area contributed by atoms with Crippen molar-refractivity contribution in [3.63, 3.8) is 0 Å². The number of hydrogen-bond acceptors (Lipinski definition) is 4. The van der Waals surface area contributed by atoms with Crippen molar-refractivity contribution >= 4 is 28.1 Å². The molecule has 13 heavy (non-hydrogen) atoms. The molecule has 0 aliphatic rings. The van der Waals surface area contributed by atoms with Crippen molar-refractivity contribution in [2.24, 2.45) is 0 Å². The average molecular weight is 221 g/mol. The molecular weight excluding hydrogens is 208 g/mol. The van der Waals surface area contributed by atoms with E-state index in [1.54, 1.807) is 5.38 Å². The molecule has 0 saturated heterocycles. The van der Waals surface area contributed by atoms with E-state index in [1.807, 2.05) is 13.8 Å². The molecule has 1 rings (SSSR count). The van der Waals surface area contributed by atoms with Gasteiger partial charge in [0.15, 0.2) is 5.13 Å². The lowest BCUT2D eigenvalue weighted by Gasteiger charge is -2.11. The van der Waals surface area contributed by atoms with E-state index in [-0.39, 0.29) is 6.10 Å². The highest BCUT2D eigenvalue weighted by atomic mass is 35.5. The summed E-state index contributed by atoms with van der Waals surface area (Å²) in [6.45, 7) is 5.50. The molecule has 0 bridgehead atoms. The summed E-state index contributed by atoms with van der Waals surface area (Å²) in [7, 11) is 0. The second-order valence-corrected chi connectivity index (χ2v) is 3.87. The molecule has 1 atom stereocenters. The SMILES string of the molecule is CCOC(C)CNc1nc(Cl)cs1. The minimum atomic E-state index is 0.202. The average Bonchev–Trinajstić information content (AvgIpc) is 2.49. The second-order valence-electron chi connectivity index (χ2n) is 2.62. The van der Waals surface area contributed by atoms with Gasteiger partial charge in [-0.2, -0.15) is 0 Å². The topological polar surface area (TPSA) is 34.1 Å². The molecule has 0 radical (unpaired) electrons. The van der Waals surface area contributed by atoms with Crippen molar-refractivity contribution < 1.29 is 4.74 Å². The number of nitrogens with one attached hydrogen (secondary N) is 1. The van der Waals surface area contributed by atoms with Crippen LogP contribution in [-0.2, 0) is 4.74 Å². The van der Waals surface area contributed by atoms with Crippen molar-refractivity contribution in [2.75, 3.05) is 18.5 Å². The summed E-state index contributed by atoms with van der Waals surface area (Å²) < 4.78 is 5.35. The van der Waals surface area contributed by atoms with Gasteiger partial charge in [-0.1, -0.05) is 11.6 Å². The van der Waals surface area contributed by atoms with Crippen molar-refractivity contribution in [3.8, 4) is 0 Å². The predicted molar refractivity (Wildman–Crippen MR) is 56.7 cm³/mol. The smallest absolute Gasteiger partial charge is 0.184 e. The van der Waals surface area contributed by atoms with Crippen molar-refractivity contribution in [1.82, 2.24) is 4.98 Å². The molecule has 1 aromatic rings. The van der Waals surface area contributed by atoms with E-state index in [0.717, 1.165) is 18.3 Å². The maximum Gasteiger partial charge on any atom is 0.184 e. The summed E-state index contributed by atoms with van der Waals surface area (Å²) >= 11 is 7.16. The first-order valence-electron chi connectivity index (χ1n) is 4.19. The van der Waals surface area contributed by atoms with Gasteiger partial charge in [-0.05, 0) is 13.8 Å². The predicted octanol–water partition coefficient (Wildman–Crippen LogP) is 2.63. The van der Waals surface area contributed by atoms with Crippen molar-refractivity contribution in [2.45, 2.75) is 20.0 Å². The molecule has 1 aromatic heterocycles. The molecule has 1 unspecified atom stereocenters. The number of thiazole rings is 1. The zero-order valence-electron chi connectivity index (χ0n) is 7.71. The molecule has 1 heterocycles. The Bertz CT molecular complexity index is 254. The van der Waals surface area contributed by atoms with Crippen LogP contribution >= 0.6 is 22.9 Å². The molecule has 5 heteroatoms. The third kappa shape index (κ3) is 3.93. The molecule has 74 valence electrons. The van der Waals surface area contributed by atoms with Crippen LogP contribution in [0.2, 0.25) is 5.15 Å². The number of aromatic nitrogens is 1. The lowest BCUT2D eigenvalue weighted by molar-refractivity contribution is 0.0855. The van der Waals surface area contributed by atoms with Crippen LogP contribution in [0, 0.1) is 0 Å². The fraction of sp³-hybridized carbons (Fsp3) is 0.625. The Morgan fingerprint density at radius 2 is 2.54 bits per heavy atom. The van der Waals surface area contributed by atoms with Gasteiger partial charge in [0, 0.05) is 18.5 Å². The molecule has 0 aliphatic heterocycles. The second kappa shape index (κ2) is 5.42. The number of rotatable bonds is 5. The largest absolute Gasteiger partial charge is 0.377 e. The minimum absolute atomic E-state index is 0.202. The number of ether oxygens (including phenoxy) is 1. The monoisotopic (exact) mass is 220 g/mol. The Morgan fingerprint density at radius 1 is 1.77 bits per heavy atom. The molecule has 0 amide bonds. The van der Waals surface area contributed by atoms with Crippen LogP contribution in [-0.4, -0.2) is 24.2 Å².